The molecule has 6 nitrogen and oxygen atoms in total. The summed E-state index contributed by atoms with van der Waals surface area (Å²) in [5.41, 5.74) is 1.76. The first-order valence-electron chi connectivity index (χ1n) is 8.09. The normalized spacial score (nSPS) is 15.6. The Balaban J connectivity index is 2.06. The van der Waals surface area contributed by atoms with Crippen LogP contribution >= 0.6 is 0 Å². The lowest BCUT2D eigenvalue weighted by atomic mass is 10.1. The van der Waals surface area contributed by atoms with E-state index in [0.717, 1.165) is 29.8 Å². The van der Waals surface area contributed by atoms with E-state index in [1.165, 1.54) is 0 Å². The highest BCUT2D eigenvalue weighted by Crippen LogP contribution is 2.24. The van der Waals surface area contributed by atoms with Crippen LogP contribution in [-0.4, -0.2) is 60.8 Å². The molecule has 0 radical (unpaired) electrons. The minimum Gasteiger partial charge on any atom is -0.491 e. The SMILES string of the molecule is CC[C@H](CN(C)C)NC(=O)N1CCOc2ccc(CO)cc2C1. The molecular formula is C17H27N3O3. The molecule has 1 aliphatic heterocycles. The minimum absolute atomic E-state index is 0.0137. The second kappa shape index (κ2) is 8.17. The zero-order valence-corrected chi connectivity index (χ0v) is 14.2. The predicted octanol–water partition coefficient (Wildman–Crippen LogP) is 1.42. The van der Waals surface area contributed by atoms with Crippen molar-refractivity contribution in [2.45, 2.75) is 32.5 Å². The number of aliphatic hydroxyl groups is 1. The number of amides is 2. The molecule has 1 heterocycles. The highest BCUT2D eigenvalue weighted by atomic mass is 16.5. The lowest BCUT2D eigenvalue weighted by Gasteiger charge is -2.26. The Labute approximate surface area is 138 Å². The summed E-state index contributed by atoms with van der Waals surface area (Å²) in [7, 11) is 4.00. The van der Waals surface area contributed by atoms with E-state index < -0.39 is 0 Å². The molecule has 1 aliphatic rings. The minimum atomic E-state index is -0.0652. The predicted molar refractivity (Wildman–Crippen MR) is 89.4 cm³/mol. The fourth-order valence-electron chi connectivity index (χ4n) is 2.70. The van der Waals surface area contributed by atoms with E-state index in [1.54, 1.807) is 4.90 Å². The second-order valence-corrected chi connectivity index (χ2v) is 6.19. The Kier molecular flexibility index (Phi) is 6.24. The van der Waals surface area contributed by atoms with Crippen molar-refractivity contribution >= 4 is 6.03 Å². The largest absolute Gasteiger partial charge is 0.491 e. The summed E-state index contributed by atoms with van der Waals surface area (Å²) in [6, 6.07) is 5.68. The van der Waals surface area contributed by atoms with Crippen molar-refractivity contribution in [3.8, 4) is 5.75 Å². The standard InChI is InChI=1S/C17H27N3O3/c1-4-15(11-19(2)3)18-17(22)20-7-8-23-16-6-5-13(12-21)9-14(16)10-20/h5-6,9,15,21H,4,7-8,10-12H2,1-3H3,(H,18,22)/t15-/m1/s1. The molecule has 128 valence electrons. The van der Waals surface area contributed by atoms with Gasteiger partial charge in [0.2, 0.25) is 0 Å². The zero-order valence-electron chi connectivity index (χ0n) is 14.2. The summed E-state index contributed by atoms with van der Waals surface area (Å²) in [6.07, 6.45) is 0.888. The molecular weight excluding hydrogens is 294 g/mol. The summed E-state index contributed by atoms with van der Waals surface area (Å²) >= 11 is 0. The molecule has 0 aromatic heterocycles. The molecule has 0 saturated heterocycles. The number of rotatable bonds is 5. The topological polar surface area (TPSA) is 65.0 Å². The number of fused-ring (bicyclic) bond motifs is 1. The van der Waals surface area contributed by atoms with E-state index >= 15 is 0 Å². The van der Waals surface area contributed by atoms with E-state index in [2.05, 4.69) is 17.1 Å². The molecule has 0 saturated carbocycles. The molecule has 1 aromatic carbocycles. The number of likely N-dealkylation sites (N-methyl/N-ethyl adjacent to an activating group) is 1. The lowest BCUT2D eigenvalue weighted by molar-refractivity contribution is 0.180. The summed E-state index contributed by atoms with van der Waals surface area (Å²) in [5.74, 6) is 0.790. The third-order valence-corrected chi connectivity index (χ3v) is 3.98. The Morgan fingerprint density at radius 1 is 1.48 bits per heavy atom. The molecule has 0 bridgehead atoms. The summed E-state index contributed by atoms with van der Waals surface area (Å²) in [4.78, 5) is 16.4. The monoisotopic (exact) mass is 321 g/mol. The number of carbonyl (C=O) groups is 1. The first-order chi connectivity index (χ1) is 11.0. The summed E-state index contributed by atoms with van der Waals surface area (Å²) < 4.78 is 5.71. The van der Waals surface area contributed by atoms with Crippen LogP contribution in [0.15, 0.2) is 18.2 Å². The van der Waals surface area contributed by atoms with Crippen LogP contribution in [0.2, 0.25) is 0 Å². The summed E-state index contributed by atoms with van der Waals surface area (Å²) in [5, 5.41) is 12.4. The van der Waals surface area contributed by atoms with Crippen molar-refractivity contribution in [2.75, 3.05) is 33.8 Å². The van der Waals surface area contributed by atoms with Gasteiger partial charge in [0.1, 0.15) is 12.4 Å². The highest BCUT2D eigenvalue weighted by molar-refractivity contribution is 5.74. The molecule has 2 N–H and O–H groups in total. The number of urea groups is 1. The van der Waals surface area contributed by atoms with Gasteiger partial charge in [0.25, 0.3) is 0 Å². The molecule has 1 aromatic rings. The van der Waals surface area contributed by atoms with Gasteiger partial charge in [-0.15, -0.1) is 0 Å². The number of nitrogens with zero attached hydrogens (tertiary/aromatic N) is 2. The van der Waals surface area contributed by atoms with Crippen molar-refractivity contribution in [1.82, 2.24) is 15.1 Å². The number of carbonyl (C=O) groups excluding carboxylic acids is 1. The number of ether oxygens (including phenoxy) is 1. The van der Waals surface area contributed by atoms with Crippen LogP contribution in [0.5, 0.6) is 5.75 Å². The Bertz CT molecular complexity index is 534. The molecule has 0 unspecified atom stereocenters. The van der Waals surface area contributed by atoms with Gasteiger partial charge < -0.3 is 25.0 Å². The van der Waals surface area contributed by atoms with Gasteiger partial charge in [-0.25, -0.2) is 4.79 Å². The van der Waals surface area contributed by atoms with Crippen molar-refractivity contribution in [2.24, 2.45) is 0 Å². The van der Waals surface area contributed by atoms with Gasteiger partial charge >= 0.3 is 6.03 Å². The summed E-state index contributed by atoms with van der Waals surface area (Å²) in [6.45, 7) is 4.39. The number of benzene rings is 1. The van der Waals surface area contributed by atoms with Crippen LogP contribution in [0.1, 0.15) is 24.5 Å². The van der Waals surface area contributed by atoms with Gasteiger partial charge in [-0.1, -0.05) is 13.0 Å². The first-order valence-corrected chi connectivity index (χ1v) is 8.09. The Hall–Kier alpha value is -1.79. The smallest absolute Gasteiger partial charge is 0.318 e. The van der Waals surface area contributed by atoms with E-state index in [-0.39, 0.29) is 18.7 Å². The van der Waals surface area contributed by atoms with Gasteiger partial charge in [-0.2, -0.15) is 0 Å². The van der Waals surface area contributed by atoms with Crippen LogP contribution in [0.4, 0.5) is 4.79 Å². The molecule has 0 spiro atoms. The number of hydrogen-bond donors (Lipinski definition) is 2. The molecule has 0 fully saturated rings. The average Bonchev–Trinajstić information content (AvgIpc) is 2.75. The molecule has 0 aliphatic carbocycles. The zero-order chi connectivity index (χ0) is 16.8. The quantitative estimate of drug-likeness (QED) is 0.861. The van der Waals surface area contributed by atoms with Crippen molar-refractivity contribution in [1.29, 1.82) is 0 Å². The maximum atomic E-state index is 12.6. The molecule has 2 amide bonds. The van der Waals surface area contributed by atoms with Crippen molar-refractivity contribution in [3.05, 3.63) is 29.3 Å². The Morgan fingerprint density at radius 2 is 2.26 bits per heavy atom. The van der Waals surface area contributed by atoms with Crippen LogP contribution < -0.4 is 10.1 Å². The first kappa shape index (κ1) is 17.6. The number of aliphatic hydroxyl groups excluding tert-OH is 1. The van der Waals surface area contributed by atoms with Gasteiger partial charge in [0.15, 0.2) is 0 Å². The molecule has 6 heteroatoms. The fraction of sp³-hybridized carbons (Fsp3) is 0.588. The molecule has 2 rings (SSSR count). The van der Waals surface area contributed by atoms with Crippen molar-refractivity contribution < 1.29 is 14.6 Å². The molecule has 23 heavy (non-hydrogen) atoms. The lowest BCUT2D eigenvalue weighted by Crippen LogP contribution is -2.48. The van der Waals surface area contributed by atoms with Gasteiger partial charge in [0, 0.05) is 18.2 Å². The third-order valence-electron chi connectivity index (χ3n) is 3.98. The highest BCUT2D eigenvalue weighted by Gasteiger charge is 2.22. The third kappa shape index (κ3) is 4.84. The van der Waals surface area contributed by atoms with Crippen LogP contribution in [0.3, 0.4) is 0 Å². The Morgan fingerprint density at radius 3 is 2.91 bits per heavy atom. The van der Waals surface area contributed by atoms with E-state index in [9.17, 15) is 9.90 Å². The maximum absolute atomic E-state index is 12.6. The van der Waals surface area contributed by atoms with Gasteiger partial charge in [0.05, 0.1) is 19.7 Å². The number of nitrogens with one attached hydrogen (secondary N) is 1. The maximum Gasteiger partial charge on any atom is 0.318 e. The van der Waals surface area contributed by atoms with Gasteiger partial charge in [-0.05, 0) is 38.2 Å². The van der Waals surface area contributed by atoms with E-state index in [0.29, 0.717) is 19.7 Å². The average molecular weight is 321 g/mol. The number of hydrogen-bond acceptors (Lipinski definition) is 4. The van der Waals surface area contributed by atoms with Gasteiger partial charge in [-0.3, -0.25) is 0 Å². The second-order valence-electron chi connectivity index (χ2n) is 6.19. The van der Waals surface area contributed by atoms with Crippen molar-refractivity contribution in [3.63, 3.8) is 0 Å². The van der Waals surface area contributed by atoms with Crippen LogP contribution in [0, 0.1) is 0 Å². The fourth-order valence-corrected chi connectivity index (χ4v) is 2.70. The van der Waals surface area contributed by atoms with Crippen LogP contribution in [-0.2, 0) is 13.2 Å². The van der Waals surface area contributed by atoms with E-state index in [1.807, 2.05) is 32.3 Å². The van der Waals surface area contributed by atoms with E-state index in [4.69, 9.17) is 4.74 Å². The van der Waals surface area contributed by atoms with Crippen LogP contribution in [0.25, 0.3) is 0 Å². The molecule has 1 atom stereocenters.